The maximum atomic E-state index is 12.2. The van der Waals surface area contributed by atoms with E-state index < -0.39 is 0 Å². The number of amides is 3. The lowest BCUT2D eigenvalue weighted by Gasteiger charge is -2.31. The molecule has 0 spiro atoms. The number of nitrogens with zero attached hydrogens (tertiary/aromatic N) is 3. The smallest absolute Gasteiger partial charge is 0.227 e. The summed E-state index contributed by atoms with van der Waals surface area (Å²) in [5, 5.41) is 3.95. The highest BCUT2D eigenvalue weighted by molar-refractivity contribution is 6.30. The molecule has 3 amide bonds. The molecule has 5 rings (SSSR count). The zero-order chi connectivity index (χ0) is 33.2. The number of hydrogen-bond donors (Lipinski definition) is 1. The van der Waals surface area contributed by atoms with Gasteiger partial charge in [0.05, 0.1) is 19.1 Å². The van der Waals surface area contributed by atoms with E-state index >= 15 is 0 Å². The molecule has 0 aromatic heterocycles. The zero-order valence-electron chi connectivity index (χ0n) is 28.9. The molecule has 9 heteroatoms. The summed E-state index contributed by atoms with van der Waals surface area (Å²) in [7, 11) is 0. The summed E-state index contributed by atoms with van der Waals surface area (Å²) in [4.78, 5) is 40.1. The Morgan fingerprint density at radius 1 is 0.978 bits per heavy atom. The van der Waals surface area contributed by atoms with Crippen LogP contribution >= 0.6 is 11.6 Å². The van der Waals surface area contributed by atoms with Gasteiger partial charge in [-0.25, -0.2) is 0 Å². The first-order valence-electron chi connectivity index (χ1n) is 17.3. The summed E-state index contributed by atoms with van der Waals surface area (Å²) < 4.78 is 5.00. The van der Waals surface area contributed by atoms with E-state index in [-0.39, 0.29) is 23.3 Å². The fourth-order valence-corrected chi connectivity index (χ4v) is 5.94. The number of rotatable bonds is 5. The SMILES string of the molecule is CC(C)(C)N1CC[C@H](C(=O)N2CCCC2)C1.CCC(C)C(=O)NC1CCC(C)CC1.Clc1ccccc1.O=CN1CCOCC1. The third-order valence-corrected chi connectivity index (χ3v) is 9.51. The molecule has 1 N–H and O–H groups in total. The lowest BCUT2D eigenvalue weighted by Crippen LogP contribution is -2.41. The minimum Gasteiger partial charge on any atom is -0.378 e. The molecule has 2 atom stereocenters. The third kappa shape index (κ3) is 15.3. The quantitative estimate of drug-likeness (QED) is 0.381. The van der Waals surface area contributed by atoms with Gasteiger partial charge in [-0.1, -0.05) is 50.6 Å². The highest BCUT2D eigenvalue weighted by Gasteiger charge is 2.36. The van der Waals surface area contributed by atoms with E-state index in [4.69, 9.17) is 16.3 Å². The van der Waals surface area contributed by atoms with Crippen molar-refractivity contribution in [3.05, 3.63) is 35.4 Å². The van der Waals surface area contributed by atoms with Crippen LogP contribution in [0.1, 0.15) is 92.9 Å². The predicted octanol–water partition coefficient (Wildman–Crippen LogP) is 6.27. The summed E-state index contributed by atoms with van der Waals surface area (Å²) in [6, 6.07) is 9.90. The Kier molecular flexibility index (Phi) is 18.1. The third-order valence-electron chi connectivity index (χ3n) is 9.25. The summed E-state index contributed by atoms with van der Waals surface area (Å²) in [6.45, 7) is 20.0. The van der Waals surface area contributed by atoms with Crippen LogP contribution in [-0.2, 0) is 19.1 Å². The lowest BCUT2D eigenvalue weighted by atomic mass is 9.87. The van der Waals surface area contributed by atoms with E-state index in [1.807, 2.05) is 37.3 Å². The molecule has 0 radical (unpaired) electrons. The number of carbonyl (C=O) groups excluding carboxylic acids is 3. The Morgan fingerprint density at radius 3 is 2.02 bits per heavy atom. The van der Waals surface area contributed by atoms with Crippen LogP contribution in [0.15, 0.2) is 30.3 Å². The summed E-state index contributed by atoms with van der Waals surface area (Å²) in [5.74, 6) is 1.94. The fourth-order valence-electron chi connectivity index (χ4n) is 5.80. The molecule has 4 aliphatic rings. The standard InChI is InChI=1S/C13H24N2O.C12H23NO.C6H5Cl.C5H9NO2/c1-13(2,3)15-9-6-11(10-15)12(16)14-7-4-5-8-14;1-4-10(3)12(14)13-11-7-5-9(2)6-8-11;7-6-4-2-1-3-5-6;7-5-6-1-3-8-4-2-6/h11H,4-10H2,1-3H3;9-11H,4-8H2,1-3H3,(H,13,14);1-5H;5H,1-4H2/t11-;;;/m0.../s1. The number of hydrogen-bond acceptors (Lipinski definition) is 5. The van der Waals surface area contributed by atoms with Gasteiger partial charge in [-0.15, -0.1) is 0 Å². The Morgan fingerprint density at radius 2 is 1.58 bits per heavy atom. The second-order valence-corrected chi connectivity index (χ2v) is 14.4. The van der Waals surface area contributed by atoms with Crippen LogP contribution in [0.3, 0.4) is 0 Å². The van der Waals surface area contributed by atoms with Gasteiger partial charge in [-0.2, -0.15) is 0 Å². The van der Waals surface area contributed by atoms with Gasteiger partial charge in [0.2, 0.25) is 18.2 Å². The molecule has 1 unspecified atom stereocenters. The van der Waals surface area contributed by atoms with Gasteiger partial charge in [0.15, 0.2) is 0 Å². The number of nitrogens with one attached hydrogen (secondary N) is 1. The number of ether oxygens (including phenoxy) is 1. The van der Waals surface area contributed by atoms with Gasteiger partial charge in [0.25, 0.3) is 0 Å². The first-order chi connectivity index (χ1) is 21.4. The highest BCUT2D eigenvalue weighted by Crippen LogP contribution is 2.27. The molecule has 0 bridgehead atoms. The van der Waals surface area contributed by atoms with Crippen LogP contribution in [0.25, 0.3) is 0 Å². The Balaban J connectivity index is 0.000000221. The molecule has 4 fully saturated rings. The minimum absolute atomic E-state index is 0.175. The van der Waals surface area contributed by atoms with Crippen molar-refractivity contribution in [1.82, 2.24) is 20.0 Å². The molecule has 3 saturated heterocycles. The number of benzene rings is 1. The summed E-state index contributed by atoms with van der Waals surface area (Å²) in [6.07, 6.45) is 10.1. The van der Waals surface area contributed by atoms with E-state index in [9.17, 15) is 14.4 Å². The second kappa shape index (κ2) is 20.9. The fraction of sp³-hybridized carbons (Fsp3) is 0.750. The van der Waals surface area contributed by atoms with Crippen molar-refractivity contribution in [2.24, 2.45) is 17.8 Å². The largest absolute Gasteiger partial charge is 0.378 e. The van der Waals surface area contributed by atoms with Crippen LogP contribution in [0, 0.1) is 17.8 Å². The van der Waals surface area contributed by atoms with Crippen molar-refractivity contribution in [1.29, 1.82) is 0 Å². The second-order valence-electron chi connectivity index (χ2n) is 14.0. The maximum Gasteiger partial charge on any atom is 0.227 e. The van der Waals surface area contributed by atoms with Gasteiger partial charge < -0.3 is 19.9 Å². The van der Waals surface area contributed by atoms with Crippen molar-refractivity contribution in [3.8, 4) is 0 Å². The molecule has 256 valence electrons. The molecule has 1 aromatic carbocycles. The Labute approximate surface area is 278 Å². The summed E-state index contributed by atoms with van der Waals surface area (Å²) in [5.41, 5.74) is 0.208. The van der Waals surface area contributed by atoms with Crippen molar-refractivity contribution in [2.75, 3.05) is 52.5 Å². The number of carbonyl (C=O) groups is 3. The Hall–Kier alpha value is -2.16. The predicted molar refractivity (Wildman–Crippen MR) is 184 cm³/mol. The van der Waals surface area contributed by atoms with E-state index in [1.165, 1.54) is 38.5 Å². The van der Waals surface area contributed by atoms with Crippen LogP contribution in [0.4, 0.5) is 0 Å². The molecule has 8 nitrogen and oxygen atoms in total. The Bertz CT molecular complexity index is 969. The number of halogens is 1. The van der Waals surface area contributed by atoms with E-state index in [2.05, 4.69) is 49.7 Å². The van der Waals surface area contributed by atoms with Gasteiger partial charge in [-0.05, 0) is 96.7 Å². The normalized spacial score (nSPS) is 24.1. The van der Waals surface area contributed by atoms with Gasteiger partial charge >= 0.3 is 0 Å². The molecular formula is C36H61ClN4O4. The number of morpholine rings is 1. The average Bonchev–Trinajstić information content (AvgIpc) is 3.77. The molecule has 45 heavy (non-hydrogen) atoms. The zero-order valence-corrected chi connectivity index (χ0v) is 29.7. The lowest BCUT2D eigenvalue weighted by molar-refractivity contribution is -0.134. The molecule has 1 aliphatic carbocycles. The van der Waals surface area contributed by atoms with Crippen molar-refractivity contribution < 1.29 is 19.1 Å². The minimum atomic E-state index is 0.175. The van der Waals surface area contributed by atoms with Crippen LogP contribution in [0.2, 0.25) is 5.02 Å². The first-order valence-corrected chi connectivity index (χ1v) is 17.6. The van der Waals surface area contributed by atoms with Crippen LogP contribution in [0.5, 0.6) is 0 Å². The van der Waals surface area contributed by atoms with E-state index in [0.717, 1.165) is 69.5 Å². The molecule has 1 aromatic rings. The van der Waals surface area contributed by atoms with Crippen molar-refractivity contribution in [2.45, 2.75) is 104 Å². The van der Waals surface area contributed by atoms with Crippen molar-refractivity contribution in [3.63, 3.8) is 0 Å². The molecule has 1 saturated carbocycles. The van der Waals surface area contributed by atoms with E-state index in [1.54, 1.807) is 4.90 Å². The number of likely N-dealkylation sites (tertiary alicyclic amines) is 2. The molecular weight excluding hydrogens is 588 g/mol. The molecule has 3 aliphatic heterocycles. The maximum absolute atomic E-state index is 12.2. The van der Waals surface area contributed by atoms with Gasteiger partial charge in [0.1, 0.15) is 0 Å². The van der Waals surface area contributed by atoms with Gasteiger partial charge in [-0.3, -0.25) is 19.3 Å². The van der Waals surface area contributed by atoms with Crippen LogP contribution in [-0.4, -0.2) is 97.0 Å². The van der Waals surface area contributed by atoms with Crippen molar-refractivity contribution >= 4 is 29.8 Å². The van der Waals surface area contributed by atoms with E-state index in [0.29, 0.717) is 25.2 Å². The van der Waals surface area contributed by atoms with Crippen LogP contribution < -0.4 is 5.32 Å². The van der Waals surface area contributed by atoms with Gasteiger partial charge in [0, 0.05) is 55.2 Å². The summed E-state index contributed by atoms with van der Waals surface area (Å²) >= 11 is 5.54. The topological polar surface area (TPSA) is 82.2 Å². The monoisotopic (exact) mass is 648 g/mol. The first kappa shape index (κ1) is 39.0. The molecule has 3 heterocycles. The average molecular weight is 649 g/mol. The highest BCUT2D eigenvalue weighted by atomic mass is 35.5.